The van der Waals surface area contributed by atoms with Gasteiger partial charge < -0.3 is 0 Å². The Morgan fingerprint density at radius 3 is 2.15 bits per heavy atom. The van der Waals surface area contributed by atoms with Crippen LogP contribution in [0.2, 0.25) is 0 Å². The van der Waals surface area contributed by atoms with E-state index in [9.17, 15) is 0 Å². The molecule has 0 heterocycles. The van der Waals surface area contributed by atoms with Gasteiger partial charge in [-0.3, -0.25) is 0 Å². The summed E-state index contributed by atoms with van der Waals surface area (Å²) in [5.41, 5.74) is 8.41. The number of rotatable bonds is 0. The maximum Gasteiger partial charge on any atom is 0.0164 e. The molecule has 1 aromatic carbocycles. The van der Waals surface area contributed by atoms with E-state index in [2.05, 4.69) is 46.2 Å². The summed E-state index contributed by atoms with van der Waals surface area (Å²) in [6.45, 7) is 8.73. The lowest BCUT2D eigenvalue weighted by Gasteiger charge is -2.05. The molecule has 0 bridgehead atoms. The molecule has 0 atom stereocenters. The van der Waals surface area contributed by atoms with Crippen molar-refractivity contribution >= 4 is 5.57 Å². The van der Waals surface area contributed by atoms with E-state index in [0.717, 1.165) is 0 Å². The highest BCUT2D eigenvalue weighted by molar-refractivity contribution is 5.79. The van der Waals surface area contributed by atoms with E-state index in [1.165, 1.54) is 33.4 Å². The highest BCUT2D eigenvalue weighted by Crippen LogP contribution is 2.34. The second-order valence-electron chi connectivity index (χ2n) is 3.98. The van der Waals surface area contributed by atoms with Gasteiger partial charge in [0.25, 0.3) is 0 Å². The average molecular weight is 171 g/mol. The molecule has 1 radical (unpaired) electrons. The molecule has 0 aromatic heterocycles. The third-order valence-corrected chi connectivity index (χ3v) is 3.03. The Morgan fingerprint density at radius 2 is 1.46 bits per heavy atom. The van der Waals surface area contributed by atoms with E-state index < -0.39 is 0 Å². The molecule has 0 unspecified atom stereocenters. The maximum atomic E-state index is 2.30. The fourth-order valence-corrected chi connectivity index (χ4v) is 1.84. The minimum atomic E-state index is 1.39. The van der Waals surface area contributed by atoms with Gasteiger partial charge in [-0.25, -0.2) is 0 Å². The van der Waals surface area contributed by atoms with Crippen molar-refractivity contribution in [2.24, 2.45) is 0 Å². The molecule has 0 heteroatoms. The molecule has 0 fully saturated rings. The number of allylic oxidation sites excluding steroid dienone is 2. The Balaban J connectivity index is 2.63. The van der Waals surface area contributed by atoms with E-state index in [1.54, 1.807) is 0 Å². The van der Waals surface area contributed by atoms with E-state index in [4.69, 9.17) is 0 Å². The highest BCUT2D eigenvalue weighted by Gasteiger charge is 2.16. The van der Waals surface area contributed by atoms with Crippen molar-refractivity contribution in [3.8, 4) is 0 Å². The fourth-order valence-electron chi connectivity index (χ4n) is 1.84. The lowest BCUT2D eigenvalue weighted by Crippen LogP contribution is -1.87. The third kappa shape index (κ3) is 1.21. The van der Waals surface area contributed by atoms with Crippen LogP contribution in [-0.4, -0.2) is 0 Å². The van der Waals surface area contributed by atoms with E-state index in [1.807, 2.05) is 0 Å². The SMILES string of the molecule is CC1=C(C)c2cc(C)c(C)cc2[CH]1. The predicted molar refractivity (Wildman–Crippen MR) is 57.6 cm³/mol. The van der Waals surface area contributed by atoms with Crippen LogP contribution < -0.4 is 0 Å². The number of aryl methyl sites for hydroxylation is 2. The van der Waals surface area contributed by atoms with Crippen molar-refractivity contribution in [2.75, 3.05) is 0 Å². The van der Waals surface area contributed by atoms with Crippen LogP contribution >= 0.6 is 0 Å². The number of hydrogen-bond donors (Lipinski definition) is 0. The Hall–Kier alpha value is -1.04. The van der Waals surface area contributed by atoms with Crippen LogP contribution in [0.25, 0.3) is 5.57 Å². The van der Waals surface area contributed by atoms with E-state index >= 15 is 0 Å². The predicted octanol–water partition coefficient (Wildman–Crippen LogP) is 3.66. The lowest BCUT2D eigenvalue weighted by atomic mass is 9.99. The van der Waals surface area contributed by atoms with E-state index in [-0.39, 0.29) is 0 Å². The largest absolute Gasteiger partial charge is 0.0613 e. The first-order valence-electron chi connectivity index (χ1n) is 4.73. The van der Waals surface area contributed by atoms with Gasteiger partial charge in [0, 0.05) is 6.42 Å². The number of fused-ring (bicyclic) bond motifs is 1. The molecule has 13 heavy (non-hydrogen) atoms. The molecule has 0 N–H and O–H groups in total. The van der Waals surface area contributed by atoms with Gasteiger partial charge in [-0.15, -0.1) is 0 Å². The van der Waals surface area contributed by atoms with Crippen molar-refractivity contribution in [1.82, 2.24) is 0 Å². The van der Waals surface area contributed by atoms with Gasteiger partial charge in [0.2, 0.25) is 0 Å². The summed E-state index contributed by atoms with van der Waals surface area (Å²) < 4.78 is 0. The van der Waals surface area contributed by atoms with Crippen LogP contribution in [0.4, 0.5) is 0 Å². The molecule has 1 aliphatic carbocycles. The summed E-state index contributed by atoms with van der Waals surface area (Å²) in [5.74, 6) is 0. The Bertz CT molecular complexity index is 395. The smallest absolute Gasteiger partial charge is 0.0164 e. The maximum absolute atomic E-state index is 2.30. The summed E-state index contributed by atoms with van der Waals surface area (Å²) >= 11 is 0. The summed E-state index contributed by atoms with van der Waals surface area (Å²) in [7, 11) is 0. The summed E-state index contributed by atoms with van der Waals surface area (Å²) in [6, 6.07) is 4.58. The van der Waals surface area contributed by atoms with Crippen molar-refractivity contribution in [2.45, 2.75) is 27.7 Å². The van der Waals surface area contributed by atoms with Crippen LogP contribution in [0.3, 0.4) is 0 Å². The van der Waals surface area contributed by atoms with Gasteiger partial charge in [-0.1, -0.05) is 17.7 Å². The molecular weight excluding hydrogens is 156 g/mol. The van der Waals surface area contributed by atoms with Gasteiger partial charge in [0.05, 0.1) is 0 Å². The first kappa shape index (κ1) is 8.55. The average Bonchev–Trinajstić information content (AvgIpc) is 2.32. The number of hydrogen-bond acceptors (Lipinski definition) is 0. The first-order valence-corrected chi connectivity index (χ1v) is 4.73. The molecular formula is C13H15. The zero-order chi connectivity index (χ0) is 9.59. The van der Waals surface area contributed by atoms with E-state index in [0.29, 0.717) is 0 Å². The van der Waals surface area contributed by atoms with Gasteiger partial charge in [0.15, 0.2) is 0 Å². The molecule has 0 amide bonds. The zero-order valence-electron chi connectivity index (χ0n) is 8.73. The van der Waals surface area contributed by atoms with Crippen LogP contribution in [-0.2, 0) is 0 Å². The zero-order valence-corrected chi connectivity index (χ0v) is 8.73. The highest BCUT2D eigenvalue weighted by atomic mass is 14.2. The van der Waals surface area contributed by atoms with Crippen molar-refractivity contribution in [3.63, 3.8) is 0 Å². The normalized spacial score (nSPS) is 15.1. The monoisotopic (exact) mass is 171 g/mol. The molecule has 1 aliphatic rings. The summed E-state index contributed by atoms with van der Waals surface area (Å²) in [4.78, 5) is 0. The number of benzene rings is 1. The summed E-state index contributed by atoms with van der Waals surface area (Å²) in [5, 5.41) is 0. The van der Waals surface area contributed by atoms with Crippen molar-refractivity contribution in [1.29, 1.82) is 0 Å². The minimum absolute atomic E-state index is 1.39. The third-order valence-electron chi connectivity index (χ3n) is 3.03. The fraction of sp³-hybridized carbons (Fsp3) is 0.308. The Labute approximate surface area is 80.3 Å². The van der Waals surface area contributed by atoms with Crippen molar-refractivity contribution < 1.29 is 0 Å². The molecule has 0 aliphatic heterocycles. The molecule has 67 valence electrons. The molecule has 0 saturated carbocycles. The molecule has 1 aromatic rings. The molecule has 0 nitrogen and oxygen atoms in total. The quantitative estimate of drug-likeness (QED) is 0.558. The Morgan fingerprint density at radius 1 is 0.846 bits per heavy atom. The van der Waals surface area contributed by atoms with Gasteiger partial charge in [0.1, 0.15) is 0 Å². The molecule has 0 spiro atoms. The van der Waals surface area contributed by atoms with Crippen LogP contribution in [0.5, 0.6) is 0 Å². The Kier molecular flexibility index (Phi) is 1.80. The van der Waals surface area contributed by atoms with Crippen LogP contribution in [0.15, 0.2) is 17.7 Å². The molecule has 2 rings (SSSR count). The summed E-state index contributed by atoms with van der Waals surface area (Å²) in [6.07, 6.45) is 2.27. The van der Waals surface area contributed by atoms with Crippen molar-refractivity contribution in [3.05, 3.63) is 46.4 Å². The van der Waals surface area contributed by atoms with Crippen LogP contribution in [0, 0.1) is 20.3 Å². The lowest BCUT2D eigenvalue weighted by molar-refractivity contribution is 1.31. The van der Waals surface area contributed by atoms with Crippen LogP contribution in [0.1, 0.15) is 36.1 Å². The molecule has 0 saturated heterocycles. The van der Waals surface area contributed by atoms with Gasteiger partial charge in [-0.05, 0) is 55.5 Å². The topological polar surface area (TPSA) is 0 Å². The first-order chi connectivity index (χ1) is 6.09. The van der Waals surface area contributed by atoms with Gasteiger partial charge >= 0.3 is 0 Å². The standard InChI is InChI=1S/C13H15/c1-8-5-12-6-10(3)11(4)13(12)7-9(8)2/h5-7H,1-4H3. The minimum Gasteiger partial charge on any atom is -0.0613 e. The second-order valence-corrected chi connectivity index (χ2v) is 3.98. The van der Waals surface area contributed by atoms with Gasteiger partial charge in [-0.2, -0.15) is 0 Å². The second kappa shape index (κ2) is 2.73.